The number of rotatable bonds is 7. The first-order valence-electron chi connectivity index (χ1n) is 9.95. The van der Waals surface area contributed by atoms with Crippen LogP contribution in [0.25, 0.3) is 6.08 Å². The standard InChI is InChI=1S/C22H29NO5/c1-3-7-16-8-9-18(19(12-16)27-2)28-15-17(24)14-23-20(25)13-22(21(23)26)10-5-4-6-11-22/h3,7-9,12,17,24H,4-6,10-11,13-15H2,1-2H3/b7-3+. The summed E-state index contributed by atoms with van der Waals surface area (Å²) in [4.78, 5) is 26.5. The van der Waals surface area contributed by atoms with Gasteiger partial charge in [0.25, 0.3) is 0 Å². The fourth-order valence-electron chi connectivity index (χ4n) is 4.21. The lowest BCUT2D eigenvalue weighted by molar-refractivity contribution is -0.144. The fourth-order valence-corrected chi connectivity index (χ4v) is 4.21. The molecule has 1 saturated heterocycles. The molecule has 2 fully saturated rings. The highest BCUT2D eigenvalue weighted by Gasteiger charge is 2.51. The van der Waals surface area contributed by atoms with Gasteiger partial charge in [-0.1, -0.05) is 37.5 Å². The summed E-state index contributed by atoms with van der Waals surface area (Å²) in [6.07, 6.45) is 7.85. The van der Waals surface area contributed by atoms with Crippen LogP contribution in [0.4, 0.5) is 0 Å². The second kappa shape index (κ2) is 8.78. The van der Waals surface area contributed by atoms with E-state index in [4.69, 9.17) is 9.47 Å². The number of likely N-dealkylation sites (tertiary alicyclic amines) is 1. The number of ether oxygens (including phenoxy) is 2. The summed E-state index contributed by atoms with van der Waals surface area (Å²) in [6.45, 7) is 1.88. The van der Waals surface area contributed by atoms with Crippen molar-refractivity contribution in [3.8, 4) is 11.5 Å². The Morgan fingerprint density at radius 2 is 1.96 bits per heavy atom. The summed E-state index contributed by atoms with van der Waals surface area (Å²) in [6, 6.07) is 5.52. The number of carbonyl (C=O) groups excluding carboxylic acids is 2. The largest absolute Gasteiger partial charge is 0.493 e. The van der Waals surface area contributed by atoms with Crippen LogP contribution >= 0.6 is 0 Å². The van der Waals surface area contributed by atoms with Gasteiger partial charge in [0.05, 0.1) is 19.1 Å². The molecule has 6 nitrogen and oxygen atoms in total. The monoisotopic (exact) mass is 387 g/mol. The van der Waals surface area contributed by atoms with E-state index in [2.05, 4.69) is 0 Å². The Kier molecular flexibility index (Phi) is 6.39. The second-order valence-corrected chi connectivity index (χ2v) is 7.70. The van der Waals surface area contributed by atoms with Crippen molar-refractivity contribution in [2.45, 2.75) is 51.6 Å². The van der Waals surface area contributed by atoms with Gasteiger partial charge in [0, 0.05) is 6.42 Å². The average molecular weight is 387 g/mol. The van der Waals surface area contributed by atoms with Gasteiger partial charge in [-0.2, -0.15) is 0 Å². The molecular formula is C22H29NO5. The zero-order valence-electron chi connectivity index (χ0n) is 16.6. The molecule has 1 aromatic rings. The van der Waals surface area contributed by atoms with Gasteiger partial charge in [-0.25, -0.2) is 0 Å². The third-order valence-corrected chi connectivity index (χ3v) is 5.67. The van der Waals surface area contributed by atoms with Crippen molar-refractivity contribution in [3.05, 3.63) is 29.8 Å². The molecule has 152 valence electrons. The fraction of sp³-hybridized carbons (Fsp3) is 0.545. The third-order valence-electron chi connectivity index (χ3n) is 5.67. The minimum atomic E-state index is -0.952. The van der Waals surface area contributed by atoms with Crippen molar-refractivity contribution < 1.29 is 24.2 Å². The lowest BCUT2D eigenvalue weighted by atomic mass is 9.73. The van der Waals surface area contributed by atoms with E-state index in [1.807, 2.05) is 31.2 Å². The van der Waals surface area contributed by atoms with E-state index in [9.17, 15) is 14.7 Å². The molecular weight excluding hydrogens is 358 g/mol. The quantitative estimate of drug-likeness (QED) is 0.727. The molecule has 6 heteroatoms. The van der Waals surface area contributed by atoms with Gasteiger partial charge in [-0.05, 0) is 37.5 Å². The molecule has 2 amide bonds. The number of aliphatic hydroxyl groups is 1. The van der Waals surface area contributed by atoms with Crippen molar-refractivity contribution in [3.63, 3.8) is 0 Å². The van der Waals surface area contributed by atoms with Crippen molar-refractivity contribution in [2.75, 3.05) is 20.3 Å². The number of nitrogens with zero attached hydrogens (tertiary/aromatic N) is 1. The highest BCUT2D eigenvalue weighted by Crippen LogP contribution is 2.45. The zero-order chi connectivity index (χ0) is 20.1. The Bertz CT molecular complexity index is 751. The number of imide groups is 1. The van der Waals surface area contributed by atoms with Crippen LogP contribution in [0.3, 0.4) is 0 Å². The van der Waals surface area contributed by atoms with Crippen LogP contribution < -0.4 is 9.47 Å². The number of β-amino-alcohol motifs (C(OH)–C–C–N with tert-alkyl or cyclic N) is 1. The molecule has 1 heterocycles. The molecule has 0 bridgehead atoms. The first-order chi connectivity index (χ1) is 13.5. The average Bonchev–Trinajstić information content (AvgIpc) is 2.91. The third kappa shape index (κ3) is 4.22. The summed E-state index contributed by atoms with van der Waals surface area (Å²) in [5, 5.41) is 10.4. The SMILES string of the molecule is C/C=C/c1ccc(OCC(O)CN2C(=O)CC3(CCCCC3)C2=O)c(OC)c1. The molecule has 1 atom stereocenters. The maximum Gasteiger partial charge on any atom is 0.235 e. The minimum absolute atomic E-state index is 0.0244. The molecule has 2 aliphatic rings. The number of benzene rings is 1. The van der Waals surface area contributed by atoms with Gasteiger partial charge in [0.1, 0.15) is 12.7 Å². The molecule has 28 heavy (non-hydrogen) atoms. The second-order valence-electron chi connectivity index (χ2n) is 7.70. The van der Waals surface area contributed by atoms with Gasteiger partial charge >= 0.3 is 0 Å². The number of amides is 2. The van der Waals surface area contributed by atoms with Crippen LogP contribution in [0, 0.1) is 5.41 Å². The van der Waals surface area contributed by atoms with E-state index in [0.717, 1.165) is 37.7 Å². The van der Waals surface area contributed by atoms with E-state index in [1.54, 1.807) is 13.2 Å². The van der Waals surface area contributed by atoms with Gasteiger partial charge in [-0.15, -0.1) is 0 Å². The van der Waals surface area contributed by atoms with E-state index < -0.39 is 11.5 Å². The molecule has 0 radical (unpaired) electrons. The highest BCUT2D eigenvalue weighted by molar-refractivity contribution is 6.06. The summed E-state index contributed by atoms with van der Waals surface area (Å²) in [5.74, 6) is 0.777. The Labute approximate surface area is 166 Å². The van der Waals surface area contributed by atoms with E-state index >= 15 is 0 Å². The zero-order valence-corrected chi connectivity index (χ0v) is 16.6. The predicted molar refractivity (Wildman–Crippen MR) is 106 cm³/mol. The number of hydrogen-bond donors (Lipinski definition) is 1. The lowest BCUT2D eigenvalue weighted by Gasteiger charge is -2.30. The van der Waals surface area contributed by atoms with Crippen molar-refractivity contribution in [1.29, 1.82) is 0 Å². The van der Waals surface area contributed by atoms with Gasteiger partial charge in [0.2, 0.25) is 11.8 Å². The van der Waals surface area contributed by atoms with Crippen LogP contribution in [0.15, 0.2) is 24.3 Å². The van der Waals surface area contributed by atoms with E-state index in [1.165, 1.54) is 4.90 Å². The molecule has 1 unspecified atom stereocenters. The first-order valence-corrected chi connectivity index (χ1v) is 9.95. The van der Waals surface area contributed by atoms with E-state index in [0.29, 0.717) is 11.5 Å². The number of carbonyl (C=O) groups is 2. The Morgan fingerprint density at radius 3 is 2.64 bits per heavy atom. The molecule has 3 rings (SSSR count). The predicted octanol–water partition coefficient (Wildman–Crippen LogP) is 3.18. The maximum atomic E-state index is 12.8. The maximum absolute atomic E-state index is 12.8. The number of allylic oxidation sites excluding steroid dienone is 1. The lowest BCUT2D eigenvalue weighted by Crippen LogP contribution is -2.42. The summed E-state index contributed by atoms with van der Waals surface area (Å²) >= 11 is 0. The molecule has 0 aromatic heterocycles. The van der Waals surface area contributed by atoms with Gasteiger partial charge < -0.3 is 14.6 Å². The normalized spacial score (nSPS) is 20.2. The molecule has 1 saturated carbocycles. The minimum Gasteiger partial charge on any atom is -0.493 e. The number of aliphatic hydroxyl groups excluding tert-OH is 1. The summed E-state index contributed by atoms with van der Waals surface area (Å²) < 4.78 is 11.0. The van der Waals surface area contributed by atoms with Crippen LogP contribution in [-0.2, 0) is 9.59 Å². The first kappa shape index (κ1) is 20.4. The number of methoxy groups -OCH3 is 1. The molecule has 1 N–H and O–H groups in total. The van der Waals surface area contributed by atoms with Crippen LogP contribution in [0.5, 0.6) is 11.5 Å². The molecule has 1 aliphatic heterocycles. The summed E-state index contributed by atoms with van der Waals surface area (Å²) in [7, 11) is 1.56. The Balaban J connectivity index is 1.59. The Hall–Kier alpha value is -2.34. The van der Waals surface area contributed by atoms with Crippen LogP contribution in [0.1, 0.15) is 51.0 Å². The topological polar surface area (TPSA) is 76.1 Å². The van der Waals surface area contributed by atoms with Crippen LogP contribution in [-0.4, -0.2) is 48.2 Å². The van der Waals surface area contributed by atoms with Crippen molar-refractivity contribution in [1.82, 2.24) is 4.90 Å². The highest BCUT2D eigenvalue weighted by atomic mass is 16.5. The summed E-state index contributed by atoms with van der Waals surface area (Å²) in [5.41, 5.74) is 0.458. The number of hydrogen-bond acceptors (Lipinski definition) is 5. The molecule has 1 aromatic carbocycles. The smallest absolute Gasteiger partial charge is 0.235 e. The molecule has 1 spiro atoms. The Morgan fingerprint density at radius 1 is 1.21 bits per heavy atom. The molecule has 1 aliphatic carbocycles. The van der Waals surface area contributed by atoms with Crippen molar-refractivity contribution >= 4 is 17.9 Å². The van der Waals surface area contributed by atoms with Gasteiger partial charge in [0.15, 0.2) is 11.5 Å². The van der Waals surface area contributed by atoms with E-state index in [-0.39, 0.29) is 31.4 Å². The van der Waals surface area contributed by atoms with Crippen LogP contribution in [0.2, 0.25) is 0 Å². The van der Waals surface area contributed by atoms with Crippen molar-refractivity contribution in [2.24, 2.45) is 5.41 Å². The van der Waals surface area contributed by atoms with Gasteiger partial charge in [-0.3, -0.25) is 14.5 Å².